The molecule has 1 N–H and O–H groups in total. The van der Waals surface area contributed by atoms with Gasteiger partial charge in [-0.25, -0.2) is 8.78 Å². The largest absolute Gasteiger partial charge is 0.418 e. The van der Waals surface area contributed by atoms with Gasteiger partial charge in [0.25, 0.3) is 0 Å². The van der Waals surface area contributed by atoms with E-state index in [0.717, 1.165) is 6.07 Å². The standard InChI is InChI=1S/C15H17F5N2O/c16-14(17)10-4-3-7-22(8-10)9-13(23)21-12-6-2-1-5-11(12)15(18,19)20/h1-2,5-6,10,14H,3-4,7-9H2,(H,21,23). The Balaban J connectivity index is 1.98. The van der Waals surface area contributed by atoms with Crippen molar-refractivity contribution < 1.29 is 26.7 Å². The first-order chi connectivity index (χ1) is 10.8. The van der Waals surface area contributed by atoms with Gasteiger partial charge in [-0.1, -0.05) is 12.1 Å². The van der Waals surface area contributed by atoms with Gasteiger partial charge < -0.3 is 5.32 Å². The van der Waals surface area contributed by atoms with Crippen molar-refractivity contribution in [3.8, 4) is 0 Å². The molecule has 1 aliphatic rings. The molecular weight excluding hydrogens is 319 g/mol. The van der Waals surface area contributed by atoms with E-state index >= 15 is 0 Å². The van der Waals surface area contributed by atoms with Gasteiger partial charge in [0.15, 0.2) is 0 Å². The zero-order valence-electron chi connectivity index (χ0n) is 12.2. The summed E-state index contributed by atoms with van der Waals surface area (Å²) in [5.41, 5.74) is -1.26. The van der Waals surface area contributed by atoms with E-state index in [1.807, 2.05) is 0 Å². The quantitative estimate of drug-likeness (QED) is 0.852. The number of anilines is 1. The number of carbonyl (C=O) groups excluding carboxylic acids is 1. The second-order valence-corrected chi connectivity index (χ2v) is 5.56. The van der Waals surface area contributed by atoms with Gasteiger partial charge >= 0.3 is 6.18 Å². The number of piperidine rings is 1. The Morgan fingerprint density at radius 2 is 2.00 bits per heavy atom. The summed E-state index contributed by atoms with van der Waals surface area (Å²) in [7, 11) is 0. The smallest absolute Gasteiger partial charge is 0.324 e. The summed E-state index contributed by atoms with van der Waals surface area (Å²) < 4.78 is 64.0. The molecule has 0 aromatic heterocycles. The summed E-state index contributed by atoms with van der Waals surface area (Å²) >= 11 is 0. The van der Waals surface area contributed by atoms with Crippen molar-refractivity contribution in [3.63, 3.8) is 0 Å². The fourth-order valence-electron chi connectivity index (χ4n) is 2.67. The van der Waals surface area contributed by atoms with Gasteiger partial charge in [0, 0.05) is 12.5 Å². The third-order valence-electron chi connectivity index (χ3n) is 3.77. The molecule has 8 heteroatoms. The maximum atomic E-state index is 12.9. The minimum Gasteiger partial charge on any atom is -0.324 e. The topological polar surface area (TPSA) is 32.3 Å². The molecule has 128 valence electrons. The molecule has 1 unspecified atom stereocenters. The first-order valence-electron chi connectivity index (χ1n) is 7.24. The van der Waals surface area contributed by atoms with E-state index in [2.05, 4.69) is 5.32 Å². The molecule has 0 radical (unpaired) electrons. The molecule has 0 spiro atoms. The molecule has 2 rings (SSSR count). The average Bonchev–Trinajstić information content (AvgIpc) is 2.46. The monoisotopic (exact) mass is 336 g/mol. The normalized spacial score (nSPS) is 19.8. The number of hydrogen-bond donors (Lipinski definition) is 1. The fourth-order valence-corrected chi connectivity index (χ4v) is 2.67. The van der Waals surface area contributed by atoms with Crippen LogP contribution in [-0.4, -0.2) is 36.9 Å². The van der Waals surface area contributed by atoms with Crippen molar-refractivity contribution in [1.29, 1.82) is 0 Å². The highest BCUT2D eigenvalue weighted by molar-refractivity contribution is 5.93. The molecular formula is C15H17F5N2O. The number of nitrogens with one attached hydrogen (secondary N) is 1. The summed E-state index contributed by atoms with van der Waals surface area (Å²) in [4.78, 5) is 13.5. The number of rotatable bonds is 4. The Labute approximate surface area is 130 Å². The average molecular weight is 336 g/mol. The number of hydrogen-bond acceptors (Lipinski definition) is 2. The van der Waals surface area contributed by atoms with Gasteiger partial charge in [0.2, 0.25) is 12.3 Å². The van der Waals surface area contributed by atoms with Crippen molar-refractivity contribution in [3.05, 3.63) is 29.8 Å². The first-order valence-corrected chi connectivity index (χ1v) is 7.24. The van der Waals surface area contributed by atoms with Gasteiger partial charge in [-0.05, 0) is 31.5 Å². The molecule has 23 heavy (non-hydrogen) atoms. The predicted octanol–water partition coefficient (Wildman–Crippen LogP) is 3.62. The van der Waals surface area contributed by atoms with E-state index in [0.29, 0.717) is 19.4 Å². The maximum absolute atomic E-state index is 12.9. The van der Waals surface area contributed by atoms with Crippen LogP contribution in [0.5, 0.6) is 0 Å². The van der Waals surface area contributed by atoms with Gasteiger partial charge in [-0.15, -0.1) is 0 Å². The van der Waals surface area contributed by atoms with Gasteiger partial charge in [-0.3, -0.25) is 9.69 Å². The van der Waals surface area contributed by atoms with Crippen LogP contribution in [0, 0.1) is 5.92 Å². The van der Waals surface area contributed by atoms with Crippen molar-refractivity contribution in [1.82, 2.24) is 4.90 Å². The number of halogens is 5. The lowest BCUT2D eigenvalue weighted by molar-refractivity contribution is -0.137. The van der Waals surface area contributed by atoms with E-state index in [1.165, 1.54) is 18.2 Å². The number of para-hydroxylation sites is 1. The van der Waals surface area contributed by atoms with Crippen LogP contribution in [0.2, 0.25) is 0 Å². The molecule has 1 aromatic carbocycles. The molecule has 1 aromatic rings. The van der Waals surface area contributed by atoms with Crippen LogP contribution >= 0.6 is 0 Å². The third-order valence-corrected chi connectivity index (χ3v) is 3.77. The van der Waals surface area contributed by atoms with Gasteiger partial charge in [0.05, 0.1) is 17.8 Å². The third kappa shape index (κ3) is 4.89. The molecule has 0 aliphatic carbocycles. The summed E-state index contributed by atoms with van der Waals surface area (Å²) in [6, 6.07) is 4.66. The lowest BCUT2D eigenvalue weighted by Gasteiger charge is -2.31. The molecule has 1 amide bonds. The van der Waals surface area contributed by atoms with Crippen LogP contribution in [0.3, 0.4) is 0 Å². The number of benzene rings is 1. The predicted molar refractivity (Wildman–Crippen MR) is 75.2 cm³/mol. The van der Waals surface area contributed by atoms with Crippen LogP contribution in [0.15, 0.2) is 24.3 Å². The lowest BCUT2D eigenvalue weighted by atomic mass is 9.98. The van der Waals surface area contributed by atoms with E-state index in [9.17, 15) is 26.7 Å². The fraction of sp³-hybridized carbons (Fsp3) is 0.533. The van der Waals surface area contributed by atoms with Crippen molar-refractivity contribution in [2.24, 2.45) is 5.92 Å². The summed E-state index contributed by atoms with van der Waals surface area (Å²) in [6.07, 6.45) is -6.09. The lowest BCUT2D eigenvalue weighted by Crippen LogP contribution is -2.42. The SMILES string of the molecule is O=C(CN1CCCC(C(F)F)C1)Nc1ccccc1C(F)(F)F. The summed E-state index contributed by atoms with van der Waals surface area (Å²) in [6.45, 7) is 0.360. The summed E-state index contributed by atoms with van der Waals surface area (Å²) in [5, 5.41) is 2.22. The Hall–Kier alpha value is -1.70. The second kappa shape index (κ2) is 7.25. The van der Waals surface area contributed by atoms with Crippen molar-refractivity contribution >= 4 is 11.6 Å². The molecule has 3 nitrogen and oxygen atoms in total. The van der Waals surface area contributed by atoms with Crippen LogP contribution < -0.4 is 5.32 Å². The van der Waals surface area contributed by atoms with Crippen LogP contribution in [0.4, 0.5) is 27.6 Å². The number of carbonyl (C=O) groups is 1. The molecule has 1 fully saturated rings. The van der Waals surface area contributed by atoms with E-state index in [1.54, 1.807) is 4.90 Å². The highest BCUT2D eigenvalue weighted by atomic mass is 19.4. The zero-order chi connectivity index (χ0) is 17.0. The number of nitrogens with zero attached hydrogens (tertiary/aromatic N) is 1. The maximum Gasteiger partial charge on any atom is 0.418 e. The molecule has 1 atom stereocenters. The van der Waals surface area contributed by atoms with E-state index in [-0.39, 0.29) is 18.8 Å². The van der Waals surface area contributed by atoms with E-state index < -0.39 is 30.0 Å². The minimum absolute atomic E-state index is 0.0754. The van der Waals surface area contributed by atoms with Gasteiger partial charge in [-0.2, -0.15) is 13.2 Å². The summed E-state index contributed by atoms with van der Waals surface area (Å²) in [5.74, 6) is -1.43. The van der Waals surface area contributed by atoms with Crippen LogP contribution in [0.1, 0.15) is 18.4 Å². The first kappa shape index (κ1) is 17.7. The second-order valence-electron chi connectivity index (χ2n) is 5.56. The van der Waals surface area contributed by atoms with Crippen LogP contribution in [-0.2, 0) is 11.0 Å². The Kier molecular flexibility index (Phi) is 5.56. The number of likely N-dealkylation sites (tertiary alicyclic amines) is 1. The number of alkyl halides is 5. The molecule has 1 saturated heterocycles. The highest BCUT2D eigenvalue weighted by Crippen LogP contribution is 2.34. The molecule has 0 saturated carbocycles. The minimum atomic E-state index is -4.57. The van der Waals surface area contributed by atoms with Crippen LogP contribution in [0.25, 0.3) is 0 Å². The van der Waals surface area contributed by atoms with Crippen molar-refractivity contribution in [2.75, 3.05) is 25.0 Å². The zero-order valence-corrected chi connectivity index (χ0v) is 12.2. The molecule has 0 bridgehead atoms. The van der Waals surface area contributed by atoms with Gasteiger partial charge in [0.1, 0.15) is 0 Å². The molecule has 1 aliphatic heterocycles. The Morgan fingerprint density at radius 3 is 2.65 bits per heavy atom. The highest BCUT2D eigenvalue weighted by Gasteiger charge is 2.34. The van der Waals surface area contributed by atoms with E-state index in [4.69, 9.17) is 0 Å². The van der Waals surface area contributed by atoms with Crippen molar-refractivity contribution in [2.45, 2.75) is 25.4 Å². The molecule has 1 heterocycles. The number of amides is 1. The Morgan fingerprint density at radius 1 is 1.30 bits per heavy atom. The Bertz CT molecular complexity index is 547.